The third-order valence-corrected chi connectivity index (χ3v) is 4.57. The minimum atomic E-state index is -0.899. The highest BCUT2D eigenvalue weighted by atomic mass is 19.1. The maximum atomic E-state index is 14.2. The van der Waals surface area contributed by atoms with Crippen LogP contribution in [0.4, 0.5) is 9.18 Å². The number of carboxylic acid groups (broad SMARTS) is 1. The van der Waals surface area contributed by atoms with Gasteiger partial charge in [-0.2, -0.15) is 0 Å². The maximum absolute atomic E-state index is 14.2. The normalized spacial score (nSPS) is 17.5. The molecule has 5 nitrogen and oxygen atoms in total. The zero-order valence-electron chi connectivity index (χ0n) is 13.9. The van der Waals surface area contributed by atoms with Crippen LogP contribution in [0, 0.1) is 5.82 Å². The second kappa shape index (κ2) is 7.63. The number of nitrogens with zero attached hydrogens (tertiary/aromatic N) is 1. The number of hydrogen-bond acceptors (Lipinski definition) is 3. The van der Waals surface area contributed by atoms with Gasteiger partial charge < -0.3 is 21.1 Å². The summed E-state index contributed by atoms with van der Waals surface area (Å²) in [5.41, 5.74) is 8.80. The molecule has 0 aromatic heterocycles. The number of hydrogen-bond donors (Lipinski definition) is 3. The second-order valence-electron chi connectivity index (χ2n) is 6.26. The SMILES string of the molecule is NCc1ccc(F)c(-c2cccc(CC3CNCCN3C(=O)O)c2)c1. The predicted octanol–water partition coefficient (Wildman–Crippen LogP) is 2.45. The van der Waals surface area contributed by atoms with Crippen molar-refractivity contribution in [1.82, 2.24) is 10.2 Å². The van der Waals surface area contributed by atoms with Crippen LogP contribution in [0.15, 0.2) is 42.5 Å². The van der Waals surface area contributed by atoms with Gasteiger partial charge in [0.2, 0.25) is 0 Å². The smallest absolute Gasteiger partial charge is 0.407 e. The Kier molecular flexibility index (Phi) is 5.31. The van der Waals surface area contributed by atoms with Gasteiger partial charge in [-0.1, -0.05) is 30.3 Å². The summed E-state index contributed by atoms with van der Waals surface area (Å²) in [6.07, 6.45) is -0.310. The van der Waals surface area contributed by atoms with Gasteiger partial charge in [0.1, 0.15) is 5.82 Å². The minimum absolute atomic E-state index is 0.123. The van der Waals surface area contributed by atoms with Crippen LogP contribution in [0.1, 0.15) is 11.1 Å². The number of amides is 1. The number of piperazine rings is 1. The largest absolute Gasteiger partial charge is 0.465 e. The lowest BCUT2D eigenvalue weighted by Crippen LogP contribution is -2.54. The van der Waals surface area contributed by atoms with E-state index in [-0.39, 0.29) is 11.9 Å². The summed E-state index contributed by atoms with van der Waals surface area (Å²) in [5.74, 6) is -0.291. The zero-order valence-corrected chi connectivity index (χ0v) is 13.9. The fourth-order valence-corrected chi connectivity index (χ4v) is 3.25. The van der Waals surface area contributed by atoms with Crippen LogP contribution in [-0.2, 0) is 13.0 Å². The Morgan fingerprint density at radius 3 is 2.88 bits per heavy atom. The molecule has 0 bridgehead atoms. The zero-order chi connectivity index (χ0) is 17.8. The molecule has 6 heteroatoms. The number of nitrogens with two attached hydrogens (primary N) is 1. The Morgan fingerprint density at radius 1 is 1.28 bits per heavy atom. The number of halogens is 1. The molecule has 3 rings (SSSR count). The lowest BCUT2D eigenvalue weighted by atomic mass is 9.97. The predicted molar refractivity (Wildman–Crippen MR) is 94.8 cm³/mol. The molecule has 2 aromatic rings. The van der Waals surface area contributed by atoms with Gasteiger partial charge in [-0.25, -0.2) is 9.18 Å². The van der Waals surface area contributed by atoms with Gasteiger partial charge in [-0.15, -0.1) is 0 Å². The first-order valence-corrected chi connectivity index (χ1v) is 8.36. The quantitative estimate of drug-likeness (QED) is 0.797. The third kappa shape index (κ3) is 3.97. The van der Waals surface area contributed by atoms with Crippen molar-refractivity contribution in [1.29, 1.82) is 0 Å². The van der Waals surface area contributed by atoms with Crippen LogP contribution >= 0.6 is 0 Å². The topological polar surface area (TPSA) is 78.6 Å². The maximum Gasteiger partial charge on any atom is 0.407 e. The van der Waals surface area contributed by atoms with Crippen molar-refractivity contribution >= 4 is 6.09 Å². The van der Waals surface area contributed by atoms with E-state index in [0.717, 1.165) is 16.7 Å². The monoisotopic (exact) mass is 343 g/mol. The molecule has 0 saturated carbocycles. The molecule has 2 aromatic carbocycles. The van der Waals surface area contributed by atoms with Crippen LogP contribution in [0.25, 0.3) is 11.1 Å². The van der Waals surface area contributed by atoms with E-state index < -0.39 is 6.09 Å². The third-order valence-electron chi connectivity index (χ3n) is 4.57. The average molecular weight is 343 g/mol. The molecule has 0 radical (unpaired) electrons. The van der Waals surface area contributed by atoms with Crippen LogP contribution in [0.2, 0.25) is 0 Å². The van der Waals surface area contributed by atoms with E-state index in [4.69, 9.17) is 5.73 Å². The molecule has 0 spiro atoms. The molecule has 1 aliphatic heterocycles. The van der Waals surface area contributed by atoms with E-state index in [9.17, 15) is 14.3 Å². The molecule has 1 saturated heterocycles. The molecule has 1 aliphatic rings. The lowest BCUT2D eigenvalue weighted by Gasteiger charge is -2.34. The van der Waals surface area contributed by atoms with Crippen LogP contribution in [0.3, 0.4) is 0 Å². The first kappa shape index (κ1) is 17.4. The number of benzene rings is 2. The van der Waals surface area contributed by atoms with Crippen LogP contribution in [-0.4, -0.2) is 41.8 Å². The Balaban J connectivity index is 1.85. The van der Waals surface area contributed by atoms with E-state index in [1.54, 1.807) is 12.1 Å². The highest BCUT2D eigenvalue weighted by Gasteiger charge is 2.26. The molecule has 4 N–H and O–H groups in total. The summed E-state index contributed by atoms with van der Waals surface area (Å²) in [6, 6.07) is 12.4. The van der Waals surface area contributed by atoms with Gasteiger partial charge in [0.05, 0.1) is 6.04 Å². The summed E-state index contributed by atoms with van der Waals surface area (Å²) in [7, 11) is 0. The highest BCUT2D eigenvalue weighted by Crippen LogP contribution is 2.26. The minimum Gasteiger partial charge on any atom is -0.465 e. The molecule has 1 unspecified atom stereocenters. The van der Waals surface area contributed by atoms with Gasteiger partial charge >= 0.3 is 6.09 Å². The van der Waals surface area contributed by atoms with Crippen molar-refractivity contribution in [3.8, 4) is 11.1 Å². The second-order valence-corrected chi connectivity index (χ2v) is 6.26. The summed E-state index contributed by atoms with van der Waals surface area (Å²) in [6.45, 7) is 2.12. The molecule has 1 atom stereocenters. The number of rotatable bonds is 4. The molecular formula is C19H22FN3O2. The van der Waals surface area contributed by atoms with Crippen molar-refractivity contribution in [2.24, 2.45) is 5.73 Å². The number of carbonyl (C=O) groups is 1. The highest BCUT2D eigenvalue weighted by molar-refractivity contribution is 5.67. The Hall–Kier alpha value is -2.44. The van der Waals surface area contributed by atoms with Gasteiger partial charge in [-0.3, -0.25) is 0 Å². The van der Waals surface area contributed by atoms with Crippen LogP contribution < -0.4 is 11.1 Å². The van der Waals surface area contributed by atoms with Gasteiger partial charge in [0.25, 0.3) is 0 Å². The summed E-state index contributed by atoms with van der Waals surface area (Å²) >= 11 is 0. The van der Waals surface area contributed by atoms with Crippen molar-refractivity contribution in [3.05, 3.63) is 59.4 Å². The summed E-state index contributed by atoms with van der Waals surface area (Å²) in [4.78, 5) is 12.9. The standard InChI is InChI=1S/C19H22FN3O2/c20-18-5-4-14(11-21)10-17(18)15-3-1-2-13(8-15)9-16-12-22-6-7-23(16)19(24)25/h1-5,8,10,16,22H,6-7,9,11-12,21H2,(H,24,25). The Morgan fingerprint density at radius 2 is 2.12 bits per heavy atom. The molecule has 0 aliphatic carbocycles. The van der Waals surface area contributed by atoms with Crippen molar-refractivity contribution in [2.75, 3.05) is 19.6 Å². The van der Waals surface area contributed by atoms with Crippen molar-refractivity contribution in [3.63, 3.8) is 0 Å². The molecule has 25 heavy (non-hydrogen) atoms. The van der Waals surface area contributed by atoms with Crippen molar-refractivity contribution in [2.45, 2.75) is 19.0 Å². The van der Waals surface area contributed by atoms with E-state index in [1.165, 1.54) is 11.0 Å². The fraction of sp³-hybridized carbons (Fsp3) is 0.316. The van der Waals surface area contributed by atoms with E-state index in [0.29, 0.717) is 38.2 Å². The van der Waals surface area contributed by atoms with Gasteiger partial charge in [-0.05, 0) is 35.2 Å². The van der Waals surface area contributed by atoms with E-state index in [1.807, 2.05) is 24.3 Å². The van der Waals surface area contributed by atoms with Gasteiger partial charge in [0, 0.05) is 31.7 Å². The van der Waals surface area contributed by atoms with Gasteiger partial charge in [0.15, 0.2) is 0 Å². The number of nitrogens with one attached hydrogen (secondary N) is 1. The molecule has 1 heterocycles. The summed E-state index contributed by atoms with van der Waals surface area (Å²) in [5, 5.41) is 12.6. The first-order chi connectivity index (χ1) is 12.1. The molecular weight excluding hydrogens is 321 g/mol. The van der Waals surface area contributed by atoms with E-state index in [2.05, 4.69) is 5.32 Å². The molecule has 1 fully saturated rings. The molecule has 1 amide bonds. The molecule has 132 valence electrons. The van der Waals surface area contributed by atoms with Crippen molar-refractivity contribution < 1.29 is 14.3 Å². The fourth-order valence-electron chi connectivity index (χ4n) is 3.25. The first-order valence-electron chi connectivity index (χ1n) is 8.36. The van der Waals surface area contributed by atoms with Crippen LogP contribution in [0.5, 0.6) is 0 Å². The summed E-state index contributed by atoms with van der Waals surface area (Å²) < 4.78 is 14.2. The Bertz CT molecular complexity index is 766. The lowest BCUT2D eigenvalue weighted by molar-refractivity contribution is 0.112. The van der Waals surface area contributed by atoms with E-state index >= 15 is 0 Å². The Labute approximate surface area is 146 Å². The average Bonchev–Trinajstić information content (AvgIpc) is 2.62.